The van der Waals surface area contributed by atoms with Gasteiger partial charge in [0.05, 0.1) is 20.5 Å². The van der Waals surface area contributed by atoms with Crippen LogP contribution in [-0.4, -0.2) is 30.3 Å². The predicted octanol–water partition coefficient (Wildman–Crippen LogP) is 4.38. The summed E-state index contributed by atoms with van der Waals surface area (Å²) < 4.78 is 12.9. The standard InChI is InChI=1S/C21H25N3O2/c1-16-6-4-7-18(17-8-9-19(25-2)20(14-17)26-3)21(16)23-10-5-12-24-13-11-22-15-24/h4,6-9,11,13-15,23H,5,10,12H2,1-3H3. The number of nitrogens with one attached hydrogen (secondary N) is 1. The van der Waals surface area contributed by atoms with Gasteiger partial charge in [0.1, 0.15) is 0 Å². The summed E-state index contributed by atoms with van der Waals surface area (Å²) in [5.74, 6) is 1.47. The van der Waals surface area contributed by atoms with Crippen molar-refractivity contribution < 1.29 is 9.47 Å². The highest BCUT2D eigenvalue weighted by Gasteiger charge is 2.11. The Morgan fingerprint density at radius 1 is 1.08 bits per heavy atom. The van der Waals surface area contributed by atoms with E-state index in [1.165, 1.54) is 5.56 Å². The average Bonchev–Trinajstić information content (AvgIpc) is 3.19. The van der Waals surface area contributed by atoms with Crippen LogP contribution in [0.15, 0.2) is 55.1 Å². The highest BCUT2D eigenvalue weighted by Crippen LogP contribution is 2.36. The summed E-state index contributed by atoms with van der Waals surface area (Å²) in [4.78, 5) is 4.08. The Kier molecular flexibility index (Phi) is 5.79. The van der Waals surface area contributed by atoms with Crippen LogP contribution in [0.1, 0.15) is 12.0 Å². The third kappa shape index (κ3) is 3.99. The Balaban J connectivity index is 1.78. The normalized spacial score (nSPS) is 10.6. The van der Waals surface area contributed by atoms with E-state index in [1.54, 1.807) is 14.2 Å². The molecule has 5 nitrogen and oxygen atoms in total. The number of nitrogens with zero attached hydrogens (tertiary/aromatic N) is 2. The second-order valence-electron chi connectivity index (χ2n) is 6.15. The third-order valence-electron chi connectivity index (χ3n) is 4.42. The molecule has 26 heavy (non-hydrogen) atoms. The topological polar surface area (TPSA) is 48.3 Å². The minimum absolute atomic E-state index is 0.734. The lowest BCUT2D eigenvalue weighted by molar-refractivity contribution is 0.355. The number of methoxy groups -OCH3 is 2. The predicted molar refractivity (Wildman–Crippen MR) is 105 cm³/mol. The van der Waals surface area contributed by atoms with Gasteiger partial charge in [-0.3, -0.25) is 0 Å². The molecule has 0 fully saturated rings. The van der Waals surface area contributed by atoms with Gasteiger partial charge in [-0.15, -0.1) is 0 Å². The monoisotopic (exact) mass is 351 g/mol. The van der Waals surface area contributed by atoms with Gasteiger partial charge in [0.2, 0.25) is 0 Å². The molecule has 0 saturated carbocycles. The molecule has 0 unspecified atom stereocenters. The van der Waals surface area contributed by atoms with Crippen molar-refractivity contribution in [3.05, 3.63) is 60.7 Å². The number of benzene rings is 2. The number of anilines is 1. The van der Waals surface area contributed by atoms with Gasteiger partial charge in [-0.25, -0.2) is 4.98 Å². The summed E-state index contributed by atoms with van der Waals surface area (Å²) in [6.45, 7) is 3.97. The van der Waals surface area contributed by atoms with Crippen LogP contribution < -0.4 is 14.8 Å². The number of para-hydroxylation sites is 1. The summed E-state index contributed by atoms with van der Waals surface area (Å²) in [6.07, 6.45) is 6.67. The lowest BCUT2D eigenvalue weighted by Crippen LogP contribution is -2.07. The summed E-state index contributed by atoms with van der Waals surface area (Å²) in [7, 11) is 3.31. The van der Waals surface area contributed by atoms with Gasteiger partial charge < -0.3 is 19.4 Å². The molecule has 0 amide bonds. The fourth-order valence-corrected chi connectivity index (χ4v) is 3.04. The summed E-state index contributed by atoms with van der Waals surface area (Å²) in [5, 5.41) is 3.60. The maximum atomic E-state index is 5.45. The lowest BCUT2D eigenvalue weighted by Gasteiger charge is -2.16. The first kappa shape index (κ1) is 17.9. The van der Waals surface area contributed by atoms with Crippen molar-refractivity contribution in [2.45, 2.75) is 19.9 Å². The first-order valence-electron chi connectivity index (χ1n) is 8.74. The number of aryl methyl sites for hydroxylation is 2. The van der Waals surface area contributed by atoms with Crippen LogP contribution in [0.3, 0.4) is 0 Å². The first-order valence-corrected chi connectivity index (χ1v) is 8.74. The molecule has 0 bridgehead atoms. The Labute approximate surface area is 154 Å². The first-order chi connectivity index (χ1) is 12.7. The van der Waals surface area contributed by atoms with Crippen LogP contribution in [0.2, 0.25) is 0 Å². The molecule has 1 N–H and O–H groups in total. The lowest BCUT2D eigenvalue weighted by atomic mass is 10.00. The van der Waals surface area contributed by atoms with Gasteiger partial charge in [-0.05, 0) is 36.6 Å². The van der Waals surface area contributed by atoms with Crippen LogP contribution in [0.4, 0.5) is 5.69 Å². The minimum atomic E-state index is 0.734. The van der Waals surface area contributed by atoms with E-state index in [2.05, 4.69) is 46.1 Å². The molecular weight excluding hydrogens is 326 g/mol. The van der Waals surface area contributed by atoms with Crippen molar-refractivity contribution >= 4 is 5.69 Å². The van der Waals surface area contributed by atoms with Gasteiger partial charge in [-0.1, -0.05) is 24.3 Å². The average molecular weight is 351 g/mol. The summed E-state index contributed by atoms with van der Waals surface area (Å²) in [6, 6.07) is 12.4. The van der Waals surface area contributed by atoms with E-state index in [-0.39, 0.29) is 0 Å². The SMILES string of the molecule is COc1ccc(-c2cccc(C)c2NCCCn2ccnc2)cc1OC. The second kappa shape index (κ2) is 8.43. The Bertz CT molecular complexity index is 844. The van der Waals surface area contributed by atoms with E-state index in [0.717, 1.165) is 47.8 Å². The van der Waals surface area contributed by atoms with Crippen molar-refractivity contribution in [2.75, 3.05) is 26.1 Å². The Morgan fingerprint density at radius 2 is 1.92 bits per heavy atom. The molecule has 1 heterocycles. The summed E-state index contributed by atoms with van der Waals surface area (Å²) in [5.41, 5.74) is 4.64. The van der Waals surface area contributed by atoms with Crippen molar-refractivity contribution in [3.8, 4) is 22.6 Å². The van der Waals surface area contributed by atoms with E-state index in [0.29, 0.717) is 0 Å². The maximum absolute atomic E-state index is 5.45. The maximum Gasteiger partial charge on any atom is 0.161 e. The molecular formula is C21H25N3O2. The van der Waals surface area contributed by atoms with Crippen molar-refractivity contribution in [2.24, 2.45) is 0 Å². The van der Waals surface area contributed by atoms with Crippen LogP contribution in [-0.2, 0) is 6.54 Å². The molecule has 0 spiro atoms. The zero-order chi connectivity index (χ0) is 18.4. The molecule has 5 heteroatoms. The van der Waals surface area contributed by atoms with Crippen LogP contribution in [0.5, 0.6) is 11.5 Å². The zero-order valence-corrected chi connectivity index (χ0v) is 15.5. The molecule has 0 aliphatic heterocycles. The van der Waals surface area contributed by atoms with Gasteiger partial charge in [0, 0.05) is 36.7 Å². The van der Waals surface area contributed by atoms with E-state index in [9.17, 15) is 0 Å². The number of aromatic nitrogens is 2. The molecule has 136 valence electrons. The van der Waals surface area contributed by atoms with Crippen molar-refractivity contribution in [1.82, 2.24) is 9.55 Å². The molecule has 3 aromatic rings. The zero-order valence-electron chi connectivity index (χ0n) is 15.5. The molecule has 1 aromatic heterocycles. The van der Waals surface area contributed by atoms with E-state index in [1.807, 2.05) is 30.9 Å². The smallest absolute Gasteiger partial charge is 0.161 e. The highest BCUT2D eigenvalue weighted by molar-refractivity contribution is 5.81. The van der Waals surface area contributed by atoms with E-state index < -0.39 is 0 Å². The molecule has 2 aromatic carbocycles. The molecule has 0 saturated heterocycles. The van der Waals surface area contributed by atoms with E-state index in [4.69, 9.17) is 9.47 Å². The highest BCUT2D eigenvalue weighted by atomic mass is 16.5. The fourth-order valence-electron chi connectivity index (χ4n) is 3.04. The van der Waals surface area contributed by atoms with Gasteiger partial charge in [0.15, 0.2) is 11.5 Å². The summed E-state index contributed by atoms with van der Waals surface area (Å²) >= 11 is 0. The van der Waals surface area contributed by atoms with Crippen LogP contribution >= 0.6 is 0 Å². The molecule has 3 rings (SSSR count). The van der Waals surface area contributed by atoms with Crippen LogP contribution in [0, 0.1) is 6.92 Å². The van der Waals surface area contributed by atoms with Gasteiger partial charge in [0.25, 0.3) is 0 Å². The largest absolute Gasteiger partial charge is 0.493 e. The molecule has 0 radical (unpaired) electrons. The van der Waals surface area contributed by atoms with Crippen LogP contribution in [0.25, 0.3) is 11.1 Å². The number of hydrogen-bond donors (Lipinski definition) is 1. The quantitative estimate of drug-likeness (QED) is 0.612. The second-order valence-corrected chi connectivity index (χ2v) is 6.15. The Morgan fingerprint density at radius 3 is 2.65 bits per heavy atom. The number of imidazole rings is 1. The molecule has 0 atom stereocenters. The van der Waals surface area contributed by atoms with Gasteiger partial charge >= 0.3 is 0 Å². The number of hydrogen-bond acceptors (Lipinski definition) is 4. The van der Waals surface area contributed by atoms with Crippen molar-refractivity contribution in [1.29, 1.82) is 0 Å². The number of ether oxygens (including phenoxy) is 2. The Hall–Kier alpha value is -2.95. The van der Waals surface area contributed by atoms with E-state index >= 15 is 0 Å². The van der Waals surface area contributed by atoms with Gasteiger partial charge in [-0.2, -0.15) is 0 Å². The fraction of sp³-hybridized carbons (Fsp3) is 0.286. The molecule has 0 aliphatic rings. The van der Waals surface area contributed by atoms with Crippen molar-refractivity contribution in [3.63, 3.8) is 0 Å². The minimum Gasteiger partial charge on any atom is -0.493 e. The number of rotatable bonds is 8. The third-order valence-corrected chi connectivity index (χ3v) is 4.42. The molecule has 0 aliphatic carbocycles.